The van der Waals surface area contributed by atoms with Crippen molar-refractivity contribution in [2.45, 2.75) is 64.4 Å². The first-order valence-corrected chi connectivity index (χ1v) is 10.1. The minimum Gasteiger partial charge on any atom is -0.495 e. The Kier molecular flexibility index (Phi) is 7.89. The molecule has 0 aliphatic rings. The molecule has 1 unspecified atom stereocenters. The van der Waals surface area contributed by atoms with Crippen LogP contribution in [0.5, 0.6) is 5.75 Å². The summed E-state index contributed by atoms with van der Waals surface area (Å²) < 4.78 is 32.6. The first kappa shape index (κ1) is 21.4. The quantitative estimate of drug-likeness (QED) is 0.700. The molecule has 6 nitrogen and oxygen atoms in total. The van der Waals surface area contributed by atoms with Crippen molar-refractivity contribution in [1.82, 2.24) is 10.0 Å². The zero-order chi connectivity index (χ0) is 19.2. The lowest BCUT2D eigenvalue weighted by molar-refractivity contribution is 0.0937. The van der Waals surface area contributed by atoms with Gasteiger partial charge in [-0.15, -0.1) is 0 Å². The number of benzene rings is 1. The van der Waals surface area contributed by atoms with Crippen LogP contribution < -0.4 is 14.8 Å². The second-order valence-electron chi connectivity index (χ2n) is 6.99. The topological polar surface area (TPSA) is 84.5 Å². The molecule has 1 aromatic carbocycles. The number of rotatable bonds is 9. The van der Waals surface area contributed by atoms with Crippen LogP contribution in [0.3, 0.4) is 0 Å². The minimum absolute atomic E-state index is 0.0193. The smallest absolute Gasteiger partial charge is 0.251 e. The Morgan fingerprint density at radius 1 is 1.12 bits per heavy atom. The number of methoxy groups -OCH3 is 1. The SMILES string of the molecule is COc1ccc(C(=O)NC(C)CCC(C)C)cc1S(=O)(=O)NC(C)C. The summed E-state index contributed by atoms with van der Waals surface area (Å²) in [5.74, 6) is 0.483. The Balaban J connectivity index is 3.02. The molecular formula is C18H30N2O4S. The van der Waals surface area contributed by atoms with Gasteiger partial charge in [0.05, 0.1) is 7.11 Å². The van der Waals surface area contributed by atoms with Crippen LogP contribution in [0, 0.1) is 5.92 Å². The van der Waals surface area contributed by atoms with Crippen LogP contribution in [0.25, 0.3) is 0 Å². The molecule has 7 heteroatoms. The molecule has 0 aliphatic heterocycles. The van der Waals surface area contributed by atoms with E-state index in [4.69, 9.17) is 4.74 Å². The highest BCUT2D eigenvalue weighted by atomic mass is 32.2. The summed E-state index contributed by atoms with van der Waals surface area (Å²) in [5.41, 5.74) is 0.293. The molecule has 0 aliphatic carbocycles. The first-order chi connectivity index (χ1) is 11.6. The van der Waals surface area contributed by atoms with Gasteiger partial charge in [-0.1, -0.05) is 13.8 Å². The molecule has 2 N–H and O–H groups in total. The van der Waals surface area contributed by atoms with Crippen LogP contribution in [0.2, 0.25) is 0 Å². The van der Waals surface area contributed by atoms with Crippen molar-refractivity contribution in [3.63, 3.8) is 0 Å². The fraction of sp³-hybridized carbons (Fsp3) is 0.611. The maximum atomic E-state index is 12.5. The Labute approximate surface area is 151 Å². The summed E-state index contributed by atoms with van der Waals surface area (Å²) in [5, 5.41) is 2.91. The molecule has 1 rings (SSSR count). The molecule has 0 heterocycles. The number of amides is 1. The lowest BCUT2D eigenvalue weighted by Crippen LogP contribution is -2.33. The number of nitrogens with one attached hydrogen (secondary N) is 2. The van der Waals surface area contributed by atoms with Gasteiger partial charge in [0.2, 0.25) is 10.0 Å². The summed E-state index contributed by atoms with van der Waals surface area (Å²) in [4.78, 5) is 12.4. The number of ether oxygens (including phenoxy) is 1. The van der Waals surface area contributed by atoms with Crippen molar-refractivity contribution in [1.29, 1.82) is 0 Å². The van der Waals surface area contributed by atoms with Gasteiger partial charge in [0.25, 0.3) is 5.91 Å². The third-order valence-corrected chi connectivity index (χ3v) is 5.34. The Morgan fingerprint density at radius 2 is 1.76 bits per heavy atom. The van der Waals surface area contributed by atoms with Crippen LogP contribution in [-0.4, -0.2) is 33.5 Å². The molecule has 0 aromatic heterocycles. The molecule has 0 fully saturated rings. The molecule has 0 bridgehead atoms. The van der Waals surface area contributed by atoms with Crippen molar-refractivity contribution in [3.05, 3.63) is 23.8 Å². The maximum absolute atomic E-state index is 12.5. The highest BCUT2D eigenvalue weighted by molar-refractivity contribution is 7.89. The van der Waals surface area contributed by atoms with E-state index in [0.29, 0.717) is 11.5 Å². The third-order valence-electron chi connectivity index (χ3n) is 3.66. The van der Waals surface area contributed by atoms with Crippen molar-refractivity contribution < 1.29 is 17.9 Å². The highest BCUT2D eigenvalue weighted by Crippen LogP contribution is 2.25. The lowest BCUT2D eigenvalue weighted by Gasteiger charge is -2.17. The zero-order valence-electron chi connectivity index (χ0n) is 15.9. The van der Waals surface area contributed by atoms with E-state index in [0.717, 1.165) is 12.8 Å². The Bertz CT molecular complexity index is 684. The third kappa shape index (κ3) is 6.66. The van der Waals surface area contributed by atoms with Crippen molar-refractivity contribution >= 4 is 15.9 Å². The number of sulfonamides is 1. The fourth-order valence-corrected chi connectivity index (χ4v) is 3.81. The Hall–Kier alpha value is -1.60. The van der Waals surface area contributed by atoms with Gasteiger partial charge in [-0.25, -0.2) is 13.1 Å². The molecule has 142 valence electrons. The Morgan fingerprint density at radius 3 is 2.28 bits per heavy atom. The second-order valence-corrected chi connectivity index (χ2v) is 8.67. The van der Waals surface area contributed by atoms with Gasteiger partial charge in [-0.3, -0.25) is 4.79 Å². The molecule has 1 aromatic rings. The molecule has 0 spiro atoms. The normalized spacial score (nSPS) is 13.1. The fourth-order valence-electron chi connectivity index (χ4n) is 2.36. The van der Waals surface area contributed by atoms with E-state index >= 15 is 0 Å². The van der Waals surface area contributed by atoms with E-state index < -0.39 is 10.0 Å². The molecular weight excluding hydrogens is 340 g/mol. The van der Waals surface area contributed by atoms with E-state index in [9.17, 15) is 13.2 Å². The van der Waals surface area contributed by atoms with Crippen molar-refractivity contribution in [3.8, 4) is 5.75 Å². The van der Waals surface area contributed by atoms with Crippen molar-refractivity contribution in [2.75, 3.05) is 7.11 Å². The van der Waals surface area contributed by atoms with Crippen LogP contribution >= 0.6 is 0 Å². The monoisotopic (exact) mass is 370 g/mol. The van der Waals surface area contributed by atoms with Gasteiger partial charge in [0.1, 0.15) is 10.6 Å². The maximum Gasteiger partial charge on any atom is 0.251 e. The van der Waals surface area contributed by atoms with Crippen LogP contribution in [0.1, 0.15) is 57.8 Å². The van der Waals surface area contributed by atoms with Crippen molar-refractivity contribution in [2.24, 2.45) is 5.92 Å². The van der Waals surface area contributed by atoms with Gasteiger partial charge in [0.15, 0.2) is 0 Å². The van der Waals surface area contributed by atoms with Gasteiger partial charge < -0.3 is 10.1 Å². The van der Waals surface area contributed by atoms with E-state index in [1.807, 2.05) is 6.92 Å². The van der Waals surface area contributed by atoms with Crippen LogP contribution in [0.4, 0.5) is 0 Å². The summed E-state index contributed by atoms with van der Waals surface area (Å²) in [6.07, 6.45) is 1.89. The second kappa shape index (κ2) is 9.20. The molecule has 25 heavy (non-hydrogen) atoms. The average molecular weight is 371 g/mol. The van der Waals surface area contributed by atoms with Gasteiger partial charge >= 0.3 is 0 Å². The van der Waals surface area contributed by atoms with E-state index in [2.05, 4.69) is 23.9 Å². The summed E-state index contributed by atoms with van der Waals surface area (Å²) in [6.45, 7) is 9.68. The standard InChI is InChI=1S/C18H30N2O4S/c1-12(2)7-8-14(5)19-18(21)15-9-10-16(24-6)17(11-15)25(22,23)20-13(3)4/h9-14,20H,7-8H2,1-6H3,(H,19,21). The number of carbonyl (C=O) groups is 1. The number of carbonyl (C=O) groups excluding carboxylic acids is 1. The lowest BCUT2D eigenvalue weighted by atomic mass is 10.0. The van der Waals surface area contributed by atoms with Gasteiger partial charge in [-0.05, 0) is 57.7 Å². The summed E-state index contributed by atoms with van der Waals surface area (Å²) >= 11 is 0. The summed E-state index contributed by atoms with van der Waals surface area (Å²) in [6, 6.07) is 4.18. The van der Waals surface area contributed by atoms with E-state index in [1.54, 1.807) is 19.9 Å². The molecule has 0 saturated carbocycles. The number of hydrogen-bond donors (Lipinski definition) is 2. The van der Waals surface area contributed by atoms with E-state index in [1.165, 1.54) is 19.2 Å². The molecule has 0 radical (unpaired) electrons. The average Bonchev–Trinajstić information content (AvgIpc) is 2.51. The van der Waals surface area contributed by atoms with Gasteiger partial charge in [-0.2, -0.15) is 0 Å². The molecule has 0 saturated heterocycles. The largest absolute Gasteiger partial charge is 0.495 e. The first-order valence-electron chi connectivity index (χ1n) is 8.58. The van der Waals surface area contributed by atoms with E-state index in [-0.39, 0.29) is 28.6 Å². The molecule has 1 amide bonds. The summed E-state index contributed by atoms with van der Waals surface area (Å²) in [7, 11) is -2.36. The minimum atomic E-state index is -3.76. The predicted octanol–water partition coefficient (Wildman–Crippen LogP) is 2.94. The zero-order valence-corrected chi connectivity index (χ0v) is 16.7. The molecule has 1 atom stereocenters. The number of hydrogen-bond acceptors (Lipinski definition) is 4. The van der Waals surface area contributed by atoms with Gasteiger partial charge in [0, 0.05) is 17.6 Å². The predicted molar refractivity (Wildman–Crippen MR) is 99.5 cm³/mol. The van der Waals surface area contributed by atoms with Crippen LogP contribution in [-0.2, 0) is 10.0 Å². The highest BCUT2D eigenvalue weighted by Gasteiger charge is 2.22. The van der Waals surface area contributed by atoms with Crippen LogP contribution in [0.15, 0.2) is 23.1 Å².